The van der Waals surface area contributed by atoms with Gasteiger partial charge in [0.25, 0.3) is 0 Å². The van der Waals surface area contributed by atoms with Crippen LogP contribution in [0.5, 0.6) is 0 Å². The molecule has 35 heavy (non-hydrogen) atoms. The molecule has 2 heterocycles. The molecule has 1 atom stereocenters. The van der Waals surface area contributed by atoms with Crippen molar-refractivity contribution in [3.05, 3.63) is 65.2 Å². The van der Waals surface area contributed by atoms with Gasteiger partial charge in [-0.3, -0.25) is 9.69 Å². The van der Waals surface area contributed by atoms with E-state index >= 15 is 0 Å². The maximum absolute atomic E-state index is 13.3. The first-order chi connectivity index (χ1) is 16.7. The van der Waals surface area contributed by atoms with Crippen LogP contribution in [0, 0.1) is 19.8 Å². The Morgan fingerprint density at radius 1 is 0.971 bits per heavy atom. The second kappa shape index (κ2) is 11.2. The number of rotatable bonds is 7. The number of carbonyl (C=O) groups is 1. The molecule has 0 bridgehead atoms. The minimum atomic E-state index is -3.56. The van der Waals surface area contributed by atoms with Crippen molar-refractivity contribution in [2.24, 2.45) is 5.92 Å². The first kappa shape index (κ1) is 25.8. The van der Waals surface area contributed by atoms with E-state index in [0.717, 1.165) is 49.4 Å². The number of piperazine rings is 1. The van der Waals surface area contributed by atoms with Crippen LogP contribution in [0.25, 0.3) is 0 Å². The Kier molecular flexibility index (Phi) is 8.27. The highest BCUT2D eigenvalue weighted by atomic mass is 32.2. The van der Waals surface area contributed by atoms with Crippen LogP contribution >= 0.6 is 0 Å². The Morgan fingerprint density at radius 2 is 1.63 bits per heavy atom. The molecule has 2 saturated heterocycles. The Morgan fingerprint density at radius 3 is 2.26 bits per heavy atom. The van der Waals surface area contributed by atoms with Gasteiger partial charge in [-0.1, -0.05) is 48.0 Å². The van der Waals surface area contributed by atoms with Crippen molar-refractivity contribution in [1.82, 2.24) is 19.4 Å². The third-order valence-corrected chi connectivity index (χ3v) is 9.39. The maximum atomic E-state index is 13.3. The molecule has 0 spiro atoms. The highest BCUT2D eigenvalue weighted by Gasteiger charge is 2.33. The SMILES string of the molecule is Cc1ccc(S(=O)(=O)N2CCC(C(=O)NC(CN3CCN(C)CC3)c3ccccc3)CC2)c(C)c1. The highest BCUT2D eigenvalue weighted by molar-refractivity contribution is 7.89. The van der Waals surface area contributed by atoms with Gasteiger partial charge in [-0.25, -0.2) is 8.42 Å². The number of amides is 1. The molecule has 1 N–H and O–H groups in total. The number of aryl methyl sites for hydroxylation is 2. The Balaban J connectivity index is 1.39. The van der Waals surface area contributed by atoms with Gasteiger partial charge in [-0.05, 0) is 50.9 Å². The van der Waals surface area contributed by atoms with Gasteiger partial charge in [0.2, 0.25) is 15.9 Å². The molecule has 2 fully saturated rings. The summed E-state index contributed by atoms with van der Waals surface area (Å²) in [7, 11) is -1.42. The van der Waals surface area contributed by atoms with Gasteiger partial charge < -0.3 is 10.2 Å². The molecule has 7 nitrogen and oxygen atoms in total. The van der Waals surface area contributed by atoms with E-state index in [4.69, 9.17) is 0 Å². The largest absolute Gasteiger partial charge is 0.348 e. The van der Waals surface area contributed by atoms with Crippen LogP contribution in [0.15, 0.2) is 53.4 Å². The number of likely N-dealkylation sites (N-methyl/N-ethyl adjacent to an activating group) is 1. The van der Waals surface area contributed by atoms with Crippen LogP contribution in [-0.4, -0.2) is 81.3 Å². The van der Waals surface area contributed by atoms with Crippen LogP contribution in [-0.2, 0) is 14.8 Å². The first-order valence-corrected chi connectivity index (χ1v) is 14.0. The van der Waals surface area contributed by atoms with E-state index < -0.39 is 10.0 Å². The summed E-state index contributed by atoms with van der Waals surface area (Å²) in [4.78, 5) is 18.4. The fourth-order valence-electron chi connectivity index (χ4n) is 5.08. The second-order valence-corrected chi connectivity index (χ2v) is 11.9. The minimum Gasteiger partial charge on any atom is -0.348 e. The van der Waals surface area contributed by atoms with Crippen molar-refractivity contribution >= 4 is 15.9 Å². The van der Waals surface area contributed by atoms with Crippen molar-refractivity contribution in [2.45, 2.75) is 37.6 Å². The normalized spacial score (nSPS) is 20.0. The first-order valence-electron chi connectivity index (χ1n) is 12.6. The van der Waals surface area contributed by atoms with Gasteiger partial charge >= 0.3 is 0 Å². The predicted octanol–water partition coefficient (Wildman–Crippen LogP) is 2.81. The molecule has 1 amide bonds. The number of sulfonamides is 1. The van der Waals surface area contributed by atoms with Gasteiger partial charge in [0, 0.05) is 51.7 Å². The molecule has 0 aliphatic carbocycles. The van der Waals surface area contributed by atoms with E-state index in [9.17, 15) is 13.2 Å². The molecule has 4 rings (SSSR count). The molecular weight excluding hydrogens is 460 g/mol. The summed E-state index contributed by atoms with van der Waals surface area (Å²) >= 11 is 0. The summed E-state index contributed by atoms with van der Waals surface area (Å²) in [5.74, 6) is -0.157. The molecule has 0 aromatic heterocycles. The number of hydrogen-bond donors (Lipinski definition) is 1. The lowest BCUT2D eigenvalue weighted by molar-refractivity contribution is -0.127. The number of benzene rings is 2. The lowest BCUT2D eigenvalue weighted by atomic mass is 9.96. The van der Waals surface area contributed by atoms with Crippen LogP contribution in [0.1, 0.15) is 35.6 Å². The molecule has 2 aromatic carbocycles. The van der Waals surface area contributed by atoms with Crippen LogP contribution in [0.4, 0.5) is 0 Å². The fraction of sp³-hybridized carbons (Fsp3) is 0.519. The number of hydrogen-bond acceptors (Lipinski definition) is 5. The number of piperidine rings is 1. The molecule has 2 aliphatic rings. The van der Waals surface area contributed by atoms with Gasteiger partial charge in [0.15, 0.2) is 0 Å². The third kappa shape index (κ3) is 6.30. The zero-order valence-corrected chi connectivity index (χ0v) is 21.9. The maximum Gasteiger partial charge on any atom is 0.243 e. The number of nitrogens with zero attached hydrogens (tertiary/aromatic N) is 3. The van der Waals surface area contributed by atoms with Crippen molar-refractivity contribution < 1.29 is 13.2 Å². The van der Waals surface area contributed by atoms with Crippen molar-refractivity contribution in [1.29, 1.82) is 0 Å². The Labute approximate surface area is 210 Å². The quantitative estimate of drug-likeness (QED) is 0.636. The average molecular weight is 499 g/mol. The zero-order chi connectivity index (χ0) is 25.0. The zero-order valence-electron chi connectivity index (χ0n) is 21.1. The van der Waals surface area contributed by atoms with Crippen molar-refractivity contribution in [3.8, 4) is 0 Å². The summed E-state index contributed by atoms with van der Waals surface area (Å²) in [5, 5.41) is 3.30. The second-order valence-electron chi connectivity index (χ2n) is 10.0. The van der Waals surface area contributed by atoms with Crippen LogP contribution in [0.2, 0.25) is 0 Å². The molecule has 8 heteroatoms. The minimum absolute atomic E-state index is 0.0246. The lowest BCUT2D eigenvalue weighted by Gasteiger charge is -2.36. The van der Waals surface area contributed by atoms with Crippen molar-refractivity contribution in [3.63, 3.8) is 0 Å². The predicted molar refractivity (Wildman–Crippen MR) is 139 cm³/mol. The lowest BCUT2D eigenvalue weighted by Crippen LogP contribution is -2.49. The number of nitrogens with one attached hydrogen (secondary N) is 1. The van der Waals surface area contributed by atoms with E-state index in [1.807, 2.05) is 44.2 Å². The molecule has 2 aliphatic heterocycles. The van der Waals surface area contributed by atoms with Gasteiger partial charge in [-0.2, -0.15) is 4.31 Å². The molecular formula is C27H38N4O3S. The number of carbonyl (C=O) groups excluding carboxylic acids is 1. The average Bonchev–Trinajstić information content (AvgIpc) is 2.85. The Hall–Kier alpha value is -2.26. The molecule has 2 aromatic rings. The van der Waals surface area contributed by atoms with E-state index in [1.165, 1.54) is 4.31 Å². The topological polar surface area (TPSA) is 73.0 Å². The van der Waals surface area contributed by atoms with Crippen LogP contribution in [0.3, 0.4) is 0 Å². The molecule has 190 valence electrons. The van der Waals surface area contributed by atoms with Gasteiger partial charge in [0.05, 0.1) is 10.9 Å². The van der Waals surface area contributed by atoms with Gasteiger partial charge in [0.1, 0.15) is 0 Å². The van der Waals surface area contributed by atoms with Gasteiger partial charge in [-0.15, -0.1) is 0 Å². The summed E-state index contributed by atoms with van der Waals surface area (Å²) in [5.41, 5.74) is 2.91. The van der Waals surface area contributed by atoms with Crippen LogP contribution < -0.4 is 5.32 Å². The van der Waals surface area contributed by atoms with E-state index in [2.05, 4.69) is 34.3 Å². The summed E-state index contributed by atoms with van der Waals surface area (Å²) in [6.07, 6.45) is 1.07. The summed E-state index contributed by atoms with van der Waals surface area (Å²) in [6.45, 7) is 9.35. The smallest absolute Gasteiger partial charge is 0.243 e. The van der Waals surface area contributed by atoms with E-state index in [1.54, 1.807) is 6.07 Å². The molecule has 1 unspecified atom stereocenters. The Bertz CT molecular complexity index is 1110. The van der Waals surface area contributed by atoms with E-state index in [-0.39, 0.29) is 17.9 Å². The fourth-order valence-corrected chi connectivity index (χ4v) is 6.76. The summed E-state index contributed by atoms with van der Waals surface area (Å²) in [6, 6.07) is 15.5. The summed E-state index contributed by atoms with van der Waals surface area (Å²) < 4.78 is 28.0. The standard InChI is InChI=1S/C27H38N4O3S/c1-21-9-10-26(22(2)19-21)35(33,34)31-13-11-24(12-14-31)27(32)28-25(23-7-5-4-6-8-23)20-30-17-15-29(3)16-18-30/h4-10,19,24-25H,11-18,20H2,1-3H3,(H,28,32). The van der Waals surface area contributed by atoms with E-state index in [0.29, 0.717) is 30.8 Å². The molecule has 0 radical (unpaired) electrons. The highest BCUT2D eigenvalue weighted by Crippen LogP contribution is 2.27. The monoisotopic (exact) mass is 498 g/mol. The van der Waals surface area contributed by atoms with Crippen molar-refractivity contribution in [2.75, 3.05) is 52.9 Å². The third-order valence-electron chi connectivity index (χ3n) is 7.33. The molecule has 0 saturated carbocycles.